The Labute approximate surface area is 92.6 Å². The summed E-state index contributed by atoms with van der Waals surface area (Å²) in [6, 6.07) is 0. The lowest BCUT2D eigenvalue weighted by Crippen LogP contribution is -2.31. The maximum Gasteiger partial charge on any atom is 0.407 e. The molecule has 1 amide bonds. The second kappa shape index (κ2) is 9.77. The van der Waals surface area contributed by atoms with Gasteiger partial charge in [0.05, 0.1) is 0 Å². The Morgan fingerprint density at radius 3 is 2.60 bits per heavy atom. The minimum absolute atomic E-state index is 0.204. The van der Waals surface area contributed by atoms with Crippen LogP contribution in [0, 0.1) is 0 Å². The summed E-state index contributed by atoms with van der Waals surface area (Å²) in [6.45, 7) is 5.02. The fraction of sp³-hybridized carbons (Fsp3) is 0.909. The highest BCUT2D eigenvalue weighted by Crippen LogP contribution is 2.01. The predicted octanol–water partition coefficient (Wildman–Crippen LogP) is 2.03. The molecule has 0 spiro atoms. The Morgan fingerprint density at radius 2 is 2.00 bits per heavy atom. The topological polar surface area (TPSA) is 64.3 Å². The van der Waals surface area contributed by atoms with E-state index in [1.807, 2.05) is 0 Å². The van der Waals surface area contributed by atoms with Crippen molar-refractivity contribution >= 4 is 6.09 Å². The third kappa shape index (κ3) is 9.53. The van der Waals surface area contributed by atoms with Crippen LogP contribution in [0.4, 0.5) is 4.79 Å². The van der Waals surface area contributed by atoms with Crippen molar-refractivity contribution in [3.63, 3.8) is 0 Å². The van der Waals surface area contributed by atoms with Gasteiger partial charge in [0.2, 0.25) is 0 Å². The molecule has 4 heteroatoms. The average Bonchev–Trinajstić information content (AvgIpc) is 2.23. The Morgan fingerprint density at radius 1 is 1.33 bits per heavy atom. The third-order valence-corrected chi connectivity index (χ3v) is 2.19. The Bertz CT molecular complexity index is 163. The number of unbranched alkanes of at least 4 members (excludes halogenated alkanes) is 4. The molecule has 0 saturated carbocycles. The Balaban J connectivity index is 3.24. The van der Waals surface area contributed by atoms with Crippen LogP contribution < -0.4 is 11.1 Å². The number of rotatable bonds is 8. The first-order chi connectivity index (χ1) is 7.20. The van der Waals surface area contributed by atoms with Gasteiger partial charge < -0.3 is 15.8 Å². The van der Waals surface area contributed by atoms with Gasteiger partial charge in [0.1, 0.15) is 6.10 Å². The summed E-state index contributed by atoms with van der Waals surface area (Å²) in [6.07, 6.45) is 5.38. The molecular weight excluding hydrogens is 192 g/mol. The van der Waals surface area contributed by atoms with Crippen molar-refractivity contribution in [2.24, 2.45) is 5.73 Å². The summed E-state index contributed by atoms with van der Waals surface area (Å²) in [4.78, 5) is 11.1. The van der Waals surface area contributed by atoms with E-state index in [1.54, 1.807) is 6.92 Å². The molecule has 15 heavy (non-hydrogen) atoms. The summed E-state index contributed by atoms with van der Waals surface area (Å²) in [5.41, 5.74) is 5.33. The van der Waals surface area contributed by atoms with Crippen molar-refractivity contribution < 1.29 is 9.53 Å². The van der Waals surface area contributed by atoms with E-state index >= 15 is 0 Å². The smallest absolute Gasteiger partial charge is 0.407 e. The number of alkyl carbamates (subject to hydrolysis) is 1. The monoisotopic (exact) mass is 216 g/mol. The molecule has 1 atom stereocenters. The van der Waals surface area contributed by atoms with Gasteiger partial charge in [0.25, 0.3) is 0 Å². The summed E-state index contributed by atoms with van der Waals surface area (Å²) < 4.78 is 4.95. The van der Waals surface area contributed by atoms with E-state index in [1.165, 1.54) is 25.7 Å². The van der Waals surface area contributed by atoms with Crippen LogP contribution >= 0.6 is 0 Å². The lowest BCUT2D eigenvalue weighted by Gasteiger charge is -2.11. The molecule has 1 unspecified atom stereocenters. The number of nitrogens with one attached hydrogen (secondary N) is 1. The fourth-order valence-electron chi connectivity index (χ4n) is 1.19. The highest BCUT2D eigenvalue weighted by Gasteiger charge is 2.05. The minimum Gasteiger partial charge on any atom is -0.445 e. The second-order valence-electron chi connectivity index (χ2n) is 3.79. The largest absolute Gasteiger partial charge is 0.445 e. The van der Waals surface area contributed by atoms with Gasteiger partial charge in [-0.05, 0) is 13.3 Å². The number of amides is 1. The van der Waals surface area contributed by atoms with E-state index < -0.39 is 0 Å². The maximum atomic E-state index is 11.1. The van der Waals surface area contributed by atoms with E-state index in [-0.39, 0.29) is 12.2 Å². The van der Waals surface area contributed by atoms with Crippen LogP contribution in [0.5, 0.6) is 0 Å². The van der Waals surface area contributed by atoms with Crippen molar-refractivity contribution in [2.45, 2.75) is 52.1 Å². The molecule has 0 aliphatic heterocycles. The molecule has 0 fully saturated rings. The quantitative estimate of drug-likeness (QED) is 0.610. The molecule has 0 bridgehead atoms. The van der Waals surface area contributed by atoms with Crippen LogP contribution in [-0.4, -0.2) is 25.3 Å². The Kier molecular flexibility index (Phi) is 9.27. The minimum atomic E-state index is -0.358. The molecule has 0 rings (SSSR count). The standard InChI is InChI=1S/C11H24N2O2/c1-3-4-5-6-7-8-13-11(14)15-10(2)9-12/h10H,3-9,12H2,1-2H3,(H,13,14). The number of carbonyl (C=O) groups excluding carboxylic acids is 1. The summed E-state index contributed by atoms with van der Waals surface area (Å²) in [5, 5.41) is 2.71. The van der Waals surface area contributed by atoms with E-state index in [2.05, 4.69) is 12.2 Å². The zero-order valence-corrected chi connectivity index (χ0v) is 9.92. The summed E-state index contributed by atoms with van der Waals surface area (Å²) in [5.74, 6) is 0. The molecule has 0 aromatic rings. The van der Waals surface area contributed by atoms with E-state index in [4.69, 9.17) is 10.5 Å². The molecule has 0 aliphatic carbocycles. The summed E-state index contributed by atoms with van der Waals surface area (Å²) >= 11 is 0. The molecule has 0 radical (unpaired) electrons. The van der Waals surface area contributed by atoms with Gasteiger partial charge in [-0.25, -0.2) is 4.79 Å². The molecular formula is C11H24N2O2. The molecule has 0 heterocycles. The van der Waals surface area contributed by atoms with Crippen LogP contribution in [0.2, 0.25) is 0 Å². The first-order valence-electron chi connectivity index (χ1n) is 5.85. The van der Waals surface area contributed by atoms with Gasteiger partial charge in [0.15, 0.2) is 0 Å². The van der Waals surface area contributed by atoms with Crippen molar-refractivity contribution in [1.29, 1.82) is 0 Å². The molecule has 3 N–H and O–H groups in total. The second-order valence-corrected chi connectivity index (χ2v) is 3.79. The molecule has 0 saturated heterocycles. The SMILES string of the molecule is CCCCCCCNC(=O)OC(C)CN. The number of nitrogens with two attached hydrogens (primary N) is 1. The van der Waals surface area contributed by atoms with Gasteiger partial charge in [0, 0.05) is 13.1 Å². The van der Waals surface area contributed by atoms with E-state index in [0.29, 0.717) is 13.1 Å². The highest BCUT2D eigenvalue weighted by molar-refractivity contribution is 5.67. The normalized spacial score (nSPS) is 12.2. The van der Waals surface area contributed by atoms with Crippen molar-refractivity contribution in [2.75, 3.05) is 13.1 Å². The first kappa shape index (κ1) is 14.2. The predicted molar refractivity (Wildman–Crippen MR) is 61.8 cm³/mol. The van der Waals surface area contributed by atoms with Crippen LogP contribution in [0.3, 0.4) is 0 Å². The van der Waals surface area contributed by atoms with Crippen LogP contribution in [0.25, 0.3) is 0 Å². The maximum absolute atomic E-state index is 11.1. The van der Waals surface area contributed by atoms with Gasteiger partial charge >= 0.3 is 6.09 Å². The van der Waals surface area contributed by atoms with Crippen molar-refractivity contribution in [3.05, 3.63) is 0 Å². The number of hydrogen-bond donors (Lipinski definition) is 2. The van der Waals surface area contributed by atoms with Gasteiger partial charge in [-0.15, -0.1) is 0 Å². The van der Waals surface area contributed by atoms with Crippen LogP contribution in [0.15, 0.2) is 0 Å². The summed E-state index contributed by atoms with van der Waals surface area (Å²) in [7, 11) is 0. The van der Waals surface area contributed by atoms with Gasteiger partial charge in [-0.2, -0.15) is 0 Å². The third-order valence-electron chi connectivity index (χ3n) is 2.19. The van der Waals surface area contributed by atoms with Crippen LogP contribution in [0.1, 0.15) is 46.0 Å². The van der Waals surface area contributed by atoms with Gasteiger partial charge in [-0.1, -0.05) is 32.6 Å². The van der Waals surface area contributed by atoms with E-state index in [9.17, 15) is 4.79 Å². The molecule has 90 valence electrons. The highest BCUT2D eigenvalue weighted by atomic mass is 16.6. The average molecular weight is 216 g/mol. The van der Waals surface area contributed by atoms with Crippen LogP contribution in [-0.2, 0) is 4.74 Å². The zero-order valence-electron chi connectivity index (χ0n) is 9.92. The number of ether oxygens (including phenoxy) is 1. The van der Waals surface area contributed by atoms with E-state index in [0.717, 1.165) is 6.42 Å². The number of hydrogen-bond acceptors (Lipinski definition) is 3. The molecule has 4 nitrogen and oxygen atoms in total. The lowest BCUT2D eigenvalue weighted by molar-refractivity contribution is 0.110. The Hall–Kier alpha value is -0.770. The zero-order chi connectivity index (χ0) is 11.5. The lowest BCUT2D eigenvalue weighted by atomic mass is 10.1. The molecule has 0 aromatic carbocycles. The molecule has 0 aromatic heterocycles. The van der Waals surface area contributed by atoms with Gasteiger partial charge in [-0.3, -0.25) is 0 Å². The fourth-order valence-corrected chi connectivity index (χ4v) is 1.19. The first-order valence-corrected chi connectivity index (χ1v) is 5.85. The molecule has 0 aliphatic rings. The van der Waals surface area contributed by atoms with Crippen molar-refractivity contribution in [3.8, 4) is 0 Å². The number of carbonyl (C=O) groups is 1. The van der Waals surface area contributed by atoms with Crippen molar-refractivity contribution in [1.82, 2.24) is 5.32 Å².